The second-order valence-electron chi connectivity index (χ2n) is 5.87. The van der Waals surface area contributed by atoms with Gasteiger partial charge in [-0.25, -0.2) is 0 Å². The van der Waals surface area contributed by atoms with Crippen LogP contribution in [0.15, 0.2) is 77.9 Å². The van der Waals surface area contributed by atoms with Crippen LogP contribution in [0.3, 0.4) is 0 Å². The van der Waals surface area contributed by atoms with E-state index in [1.54, 1.807) is 18.7 Å². The molecule has 5 nitrogen and oxygen atoms in total. The number of nitrogens with zero attached hydrogens (tertiary/aromatic N) is 2. The average Bonchev–Trinajstić information content (AvgIpc) is 3.41. The smallest absolute Gasteiger partial charge is 0.109 e. The van der Waals surface area contributed by atoms with Gasteiger partial charge in [-0.3, -0.25) is 10.1 Å². The van der Waals surface area contributed by atoms with Crippen LogP contribution in [0.25, 0.3) is 44.7 Å². The second-order valence-corrected chi connectivity index (χ2v) is 5.87. The first-order chi connectivity index (χ1) is 12.4. The van der Waals surface area contributed by atoms with Crippen molar-refractivity contribution in [2.75, 3.05) is 0 Å². The summed E-state index contributed by atoms with van der Waals surface area (Å²) >= 11 is 0. The highest BCUT2D eigenvalue weighted by atomic mass is 16.3. The fraction of sp³-hybridized carbons (Fsp3) is 0. The van der Waals surface area contributed by atoms with Gasteiger partial charge in [0.2, 0.25) is 0 Å². The molecule has 0 fully saturated rings. The van der Waals surface area contributed by atoms with Gasteiger partial charge in [-0.05, 0) is 42.0 Å². The number of fused-ring (bicyclic) bond motifs is 1. The van der Waals surface area contributed by atoms with E-state index in [1.165, 1.54) is 0 Å². The van der Waals surface area contributed by atoms with E-state index in [2.05, 4.69) is 38.4 Å². The number of hydrogen-bond acceptors (Lipinski definition) is 3. The van der Waals surface area contributed by atoms with Crippen LogP contribution in [0.1, 0.15) is 0 Å². The molecule has 0 spiro atoms. The number of hydrogen-bond donors (Lipinski definition) is 2. The number of furan rings is 1. The number of nitrogens with one attached hydrogen (secondary N) is 2. The lowest BCUT2D eigenvalue weighted by Gasteiger charge is -1.98. The van der Waals surface area contributed by atoms with Gasteiger partial charge in [0.15, 0.2) is 0 Å². The Morgan fingerprint density at radius 3 is 2.76 bits per heavy atom. The third-order valence-electron chi connectivity index (χ3n) is 4.32. The lowest BCUT2D eigenvalue weighted by Crippen LogP contribution is -1.78. The first kappa shape index (κ1) is 13.8. The molecule has 5 rings (SSSR count). The molecule has 0 saturated heterocycles. The summed E-state index contributed by atoms with van der Waals surface area (Å²) < 4.78 is 5.23. The van der Waals surface area contributed by atoms with Crippen molar-refractivity contribution in [3.8, 4) is 33.8 Å². The summed E-state index contributed by atoms with van der Waals surface area (Å²) in [5.41, 5.74) is 7.06. The van der Waals surface area contributed by atoms with E-state index in [1.807, 2.05) is 36.5 Å². The molecule has 0 aliphatic heterocycles. The minimum Gasteiger partial charge on any atom is -0.472 e. The Morgan fingerprint density at radius 2 is 1.92 bits per heavy atom. The molecule has 1 aromatic carbocycles. The largest absolute Gasteiger partial charge is 0.472 e. The van der Waals surface area contributed by atoms with Gasteiger partial charge >= 0.3 is 0 Å². The highest BCUT2D eigenvalue weighted by Gasteiger charge is 2.12. The van der Waals surface area contributed by atoms with Crippen LogP contribution in [-0.4, -0.2) is 20.2 Å². The van der Waals surface area contributed by atoms with Crippen molar-refractivity contribution in [3.05, 3.63) is 73.5 Å². The normalized spacial score (nSPS) is 11.2. The van der Waals surface area contributed by atoms with Gasteiger partial charge in [0.05, 0.1) is 23.9 Å². The van der Waals surface area contributed by atoms with Gasteiger partial charge < -0.3 is 9.40 Å². The standard InChI is InChI=1S/C20H14N4O/c1-4-15(14-6-8-25-12-14)16-9-19(22-17(16)5-1)20-10-18(23-24-20)13-3-2-7-21-11-13/h1-12,22H,(H,23,24). The Balaban J connectivity index is 1.60. The average molecular weight is 326 g/mol. The third-order valence-corrected chi connectivity index (χ3v) is 4.32. The van der Waals surface area contributed by atoms with E-state index in [9.17, 15) is 0 Å². The van der Waals surface area contributed by atoms with Gasteiger partial charge in [-0.2, -0.15) is 5.10 Å². The van der Waals surface area contributed by atoms with Crippen LogP contribution in [0.4, 0.5) is 0 Å². The molecule has 4 aromatic heterocycles. The fourth-order valence-electron chi connectivity index (χ4n) is 3.09. The van der Waals surface area contributed by atoms with Crippen molar-refractivity contribution in [1.82, 2.24) is 20.2 Å². The Kier molecular flexibility index (Phi) is 3.03. The monoisotopic (exact) mass is 326 g/mol. The molecule has 0 aliphatic carbocycles. The molecule has 0 radical (unpaired) electrons. The maximum atomic E-state index is 5.23. The van der Waals surface area contributed by atoms with Gasteiger partial charge in [-0.15, -0.1) is 0 Å². The number of aromatic amines is 2. The zero-order chi connectivity index (χ0) is 16.6. The number of rotatable bonds is 3. The first-order valence-electron chi connectivity index (χ1n) is 7.99. The number of aromatic nitrogens is 4. The summed E-state index contributed by atoms with van der Waals surface area (Å²) in [7, 11) is 0. The van der Waals surface area contributed by atoms with Crippen LogP contribution in [0.2, 0.25) is 0 Å². The van der Waals surface area contributed by atoms with E-state index < -0.39 is 0 Å². The van der Waals surface area contributed by atoms with Crippen LogP contribution in [-0.2, 0) is 0 Å². The van der Waals surface area contributed by atoms with Crippen LogP contribution < -0.4 is 0 Å². The summed E-state index contributed by atoms with van der Waals surface area (Å²) in [5, 5.41) is 8.67. The molecule has 0 saturated carbocycles. The van der Waals surface area contributed by atoms with E-state index >= 15 is 0 Å². The molecule has 0 bridgehead atoms. The van der Waals surface area contributed by atoms with E-state index in [-0.39, 0.29) is 0 Å². The summed E-state index contributed by atoms with van der Waals surface area (Å²) in [6.45, 7) is 0. The van der Waals surface area contributed by atoms with Gasteiger partial charge in [0.25, 0.3) is 0 Å². The SMILES string of the molecule is c1cncc(-c2cc(-c3cc4c(-c5ccoc5)cccc4[nH]3)n[nH]2)c1. The van der Waals surface area contributed by atoms with Crippen molar-refractivity contribution in [2.45, 2.75) is 0 Å². The first-order valence-corrected chi connectivity index (χ1v) is 7.99. The molecule has 2 N–H and O–H groups in total. The number of H-pyrrole nitrogens is 2. The molecular formula is C20H14N4O. The minimum absolute atomic E-state index is 0.869. The topological polar surface area (TPSA) is 70.5 Å². The molecule has 120 valence electrons. The van der Waals surface area contributed by atoms with Crippen molar-refractivity contribution in [1.29, 1.82) is 0 Å². The van der Waals surface area contributed by atoms with E-state index in [0.717, 1.165) is 44.7 Å². The summed E-state index contributed by atoms with van der Waals surface area (Å²) in [4.78, 5) is 7.60. The Bertz CT molecular complexity index is 1140. The second kappa shape index (κ2) is 5.49. The predicted octanol–water partition coefficient (Wildman–Crippen LogP) is 4.88. The molecule has 0 atom stereocenters. The van der Waals surface area contributed by atoms with Crippen molar-refractivity contribution in [3.63, 3.8) is 0 Å². The van der Waals surface area contributed by atoms with Crippen LogP contribution in [0, 0.1) is 0 Å². The summed E-state index contributed by atoms with van der Waals surface area (Å²) in [5.74, 6) is 0. The van der Waals surface area contributed by atoms with Crippen molar-refractivity contribution >= 4 is 10.9 Å². The van der Waals surface area contributed by atoms with Gasteiger partial charge in [0, 0.05) is 34.4 Å². The lowest BCUT2D eigenvalue weighted by atomic mass is 10.0. The molecule has 5 heteroatoms. The predicted molar refractivity (Wildman–Crippen MR) is 96.8 cm³/mol. The molecule has 4 heterocycles. The van der Waals surface area contributed by atoms with Crippen LogP contribution in [0.5, 0.6) is 0 Å². The highest BCUT2D eigenvalue weighted by molar-refractivity contribution is 5.97. The van der Waals surface area contributed by atoms with E-state index in [4.69, 9.17) is 4.42 Å². The zero-order valence-electron chi connectivity index (χ0n) is 13.2. The van der Waals surface area contributed by atoms with Crippen molar-refractivity contribution < 1.29 is 4.42 Å². The molecule has 0 unspecified atom stereocenters. The number of benzene rings is 1. The van der Waals surface area contributed by atoms with E-state index in [0.29, 0.717) is 0 Å². The van der Waals surface area contributed by atoms with Crippen molar-refractivity contribution in [2.24, 2.45) is 0 Å². The maximum Gasteiger partial charge on any atom is 0.109 e. The Hall–Kier alpha value is -3.60. The Labute approximate surface area is 143 Å². The lowest BCUT2D eigenvalue weighted by molar-refractivity contribution is 0.568. The van der Waals surface area contributed by atoms with Crippen LogP contribution >= 0.6 is 0 Å². The molecule has 0 amide bonds. The highest BCUT2D eigenvalue weighted by Crippen LogP contribution is 2.32. The molecule has 5 aromatic rings. The summed E-state index contributed by atoms with van der Waals surface area (Å²) in [6.07, 6.45) is 7.03. The minimum atomic E-state index is 0.869. The van der Waals surface area contributed by atoms with Gasteiger partial charge in [0.1, 0.15) is 5.69 Å². The summed E-state index contributed by atoms with van der Waals surface area (Å²) in [6, 6.07) is 16.2. The number of pyridine rings is 1. The quantitative estimate of drug-likeness (QED) is 0.496. The zero-order valence-corrected chi connectivity index (χ0v) is 13.2. The fourth-order valence-corrected chi connectivity index (χ4v) is 3.09. The van der Waals surface area contributed by atoms with Gasteiger partial charge in [-0.1, -0.05) is 12.1 Å². The third kappa shape index (κ3) is 2.33. The molecule has 25 heavy (non-hydrogen) atoms. The molecule has 0 aliphatic rings. The maximum absolute atomic E-state index is 5.23. The molecular weight excluding hydrogens is 312 g/mol. The Morgan fingerprint density at radius 1 is 0.920 bits per heavy atom.